The molecule has 1 amide bonds. The smallest absolute Gasteiger partial charge is 0.222 e. The highest BCUT2D eigenvalue weighted by Crippen LogP contribution is 2.10. The van der Waals surface area contributed by atoms with E-state index in [0.29, 0.717) is 19.5 Å². The van der Waals surface area contributed by atoms with Gasteiger partial charge in [-0.25, -0.2) is 0 Å². The van der Waals surface area contributed by atoms with Crippen molar-refractivity contribution in [1.29, 1.82) is 0 Å². The van der Waals surface area contributed by atoms with Crippen LogP contribution in [-0.4, -0.2) is 72.9 Å². The van der Waals surface area contributed by atoms with Gasteiger partial charge in [-0.2, -0.15) is 0 Å². The molecule has 2 heterocycles. The van der Waals surface area contributed by atoms with E-state index < -0.39 is 6.10 Å². The summed E-state index contributed by atoms with van der Waals surface area (Å²) in [6.45, 7) is 5.18. The minimum atomic E-state index is -0.430. The standard InChI is InChI=1S/C11H20N2O3/c14-10(8-12-4-6-16-7-5-12)9-13-3-1-2-11(13)15/h10,14H,1-9H2. The molecule has 1 unspecified atom stereocenters. The van der Waals surface area contributed by atoms with Crippen molar-refractivity contribution in [2.45, 2.75) is 18.9 Å². The van der Waals surface area contributed by atoms with Crippen LogP contribution in [-0.2, 0) is 9.53 Å². The first-order valence-corrected chi connectivity index (χ1v) is 6.01. The van der Waals surface area contributed by atoms with Crippen LogP contribution in [0.3, 0.4) is 0 Å². The van der Waals surface area contributed by atoms with Gasteiger partial charge in [-0.1, -0.05) is 0 Å². The molecule has 2 rings (SSSR count). The molecule has 2 aliphatic rings. The number of ether oxygens (including phenoxy) is 1. The number of morpholine rings is 1. The molecule has 0 saturated carbocycles. The molecule has 0 aromatic carbocycles. The van der Waals surface area contributed by atoms with Crippen LogP contribution in [0.2, 0.25) is 0 Å². The number of rotatable bonds is 4. The molecule has 2 aliphatic heterocycles. The lowest BCUT2D eigenvalue weighted by atomic mass is 10.3. The fraction of sp³-hybridized carbons (Fsp3) is 0.909. The molecule has 1 N–H and O–H groups in total. The largest absolute Gasteiger partial charge is 0.390 e. The molecule has 0 aromatic heterocycles. The van der Waals surface area contributed by atoms with Crippen LogP contribution in [0.25, 0.3) is 0 Å². The summed E-state index contributed by atoms with van der Waals surface area (Å²) < 4.78 is 5.24. The molecule has 1 atom stereocenters. The van der Waals surface area contributed by atoms with Gasteiger partial charge in [-0.05, 0) is 6.42 Å². The van der Waals surface area contributed by atoms with E-state index >= 15 is 0 Å². The van der Waals surface area contributed by atoms with Gasteiger partial charge in [0.15, 0.2) is 0 Å². The van der Waals surface area contributed by atoms with Gasteiger partial charge in [0.25, 0.3) is 0 Å². The van der Waals surface area contributed by atoms with Gasteiger partial charge in [0.1, 0.15) is 0 Å². The summed E-state index contributed by atoms with van der Waals surface area (Å²) in [5.41, 5.74) is 0. The van der Waals surface area contributed by atoms with Gasteiger partial charge in [-0.15, -0.1) is 0 Å². The van der Waals surface area contributed by atoms with E-state index in [0.717, 1.165) is 39.3 Å². The van der Waals surface area contributed by atoms with E-state index in [2.05, 4.69) is 4.90 Å². The fourth-order valence-electron chi connectivity index (χ4n) is 2.29. The lowest BCUT2D eigenvalue weighted by Crippen LogP contribution is -2.44. The number of aliphatic hydroxyl groups excluding tert-OH is 1. The average molecular weight is 228 g/mol. The Kier molecular flexibility index (Phi) is 4.15. The molecule has 0 radical (unpaired) electrons. The lowest BCUT2D eigenvalue weighted by molar-refractivity contribution is -0.129. The van der Waals surface area contributed by atoms with Crippen LogP contribution in [0.5, 0.6) is 0 Å². The Morgan fingerprint density at radius 2 is 2.00 bits per heavy atom. The first-order chi connectivity index (χ1) is 7.75. The zero-order valence-corrected chi connectivity index (χ0v) is 9.60. The van der Waals surface area contributed by atoms with Crippen molar-refractivity contribution in [2.75, 3.05) is 45.9 Å². The van der Waals surface area contributed by atoms with Crippen LogP contribution in [0.4, 0.5) is 0 Å². The molecule has 0 aromatic rings. The third-order valence-electron chi connectivity index (χ3n) is 3.18. The Morgan fingerprint density at radius 3 is 2.62 bits per heavy atom. The van der Waals surface area contributed by atoms with Gasteiger partial charge in [0.05, 0.1) is 19.3 Å². The molecule has 0 spiro atoms. The van der Waals surface area contributed by atoms with Gasteiger partial charge >= 0.3 is 0 Å². The number of β-amino-alcohol motifs (C(OH)–C–C–N with tert-alkyl or cyclic N) is 1. The molecule has 2 saturated heterocycles. The minimum Gasteiger partial charge on any atom is -0.390 e. The second kappa shape index (κ2) is 5.61. The summed E-state index contributed by atoms with van der Waals surface area (Å²) in [6, 6.07) is 0. The topological polar surface area (TPSA) is 53.0 Å². The normalized spacial score (nSPS) is 25.1. The van der Waals surface area contributed by atoms with Crippen LogP contribution in [0.1, 0.15) is 12.8 Å². The maximum atomic E-state index is 11.4. The van der Waals surface area contributed by atoms with E-state index in [1.807, 2.05) is 0 Å². The molecule has 5 nitrogen and oxygen atoms in total. The fourth-order valence-corrected chi connectivity index (χ4v) is 2.29. The Balaban J connectivity index is 1.70. The summed E-state index contributed by atoms with van der Waals surface area (Å²) in [7, 11) is 0. The van der Waals surface area contributed by atoms with Crippen LogP contribution in [0.15, 0.2) is 0 Å². The van der Waals surface area contributed by atoms with Crippen molar-refractivity contribution in [3.05, 3.63) is 0 Å². The van der Waals surface area contributed by atoms with E-state index in [1.54, 1.807) is 4.90 Å². The SMILES string of the molecule is O=C1CCCN1CC(O)CN1CCOCC1. The highest BCUT2D eigenvalue weighted by molar-refractivity contribution is 5.78. The van der Waals surface area contributed by atoms with E-state index in [9.17, 15) is 9.90 Å². The lowest BCUT2D eigenvalue weighted by Gasteiger charge is -2.29. The number of carbonyl (C=O) groups is 1. The number of hydrogen-bond donors (Lipinski definition) is 1. The van der Waals surface area contributed by atoms with Gasteiger partial charge in [-0.3, -0.25) is 9.69 Å². The second-order valence-corrected chi connectivity index (χ2v) is 4.51. The van der Waals surface area contributed by atoms with Gasteiger partial charge < -0.3 is 14.7 Å². The van der Waals surface area contributed by atoms with Crippen LogP contribution in [0, 0.1) is 0 Å². The van der Waals surface area contributed by atoms with Crippen molar-refractivity contribution < 1.29 is 14.6 Å². The predicted octanol–water partition coefficient (Wildman–Crippen LogP) is -0.698. The molecule has 2 fully saturated rings. The summed E-state index contributed by atoms with van der Waals surface area (Å²) in [6.07, 6.45) is 1.15. The summed E-state index contributed by atoms with van der Waals surface area (Å²) in [5, 5.41) is 9.90. The number of amides is 1. The third-order valence-corrected chi connectivity index (χ3v) is 3.18. The highest BCUT2D eigenvalue weighted by Gasteiger charge is 2.23. The maximum absolute atomic E-state index is 11.4. The molecule has 5 heteroatoms. The first-order valence-electron chi connectivity index (χ1n) is 6.01. The molecule has 16 heavy (non-hydrogen) atoms. The Morgan fingerprint density at radius 1 is 1.25 bits per heavy atom. The van der Waals surface area contributed by atoms with Crippen LogP contribution < -0.4 is 0 Å². The Labute approximate surface area is 96.0 Å². The number of likely N-dealkylation sites (tertiary alicyclic amines) is 1. The van der Waals surface area contributed by atoms with Crippen molar-refractivity contribution in [3.8, 4) is 0 Å². The van der Waals surface area contributed by atoms with E-state index in [-0.39, 0.29) is 5.91 Å². The van der Waals surface area contributed by atoms with E-state index in [1.165, 1.54) is 0 Å². The molecule has 0 bridgehead atoms. The molecule has 92 valence electrons. The Bertz CT molecular complexity index is 241. The zero-order valence-electron chi connectivity index (χ0n) is 9.60. The van der Waals surface area contributed by atoms with Gasteiger partial charge in [0, 0.05) is 39.1 Å². The monoisotopic (exact) mass is 228 g/mol. The van der Waals surface area contributed by atoms with Crippen LogP contribution >= 0.6 is 0 Å². The average Bonchev–Trinajstić information content (AvgIpc) is 2.66. The first kappa shape index (κ1) is 11.8. The third kappa shape index (κ3) is 3.17. The van der Waals surface area contributed by atoms with Crippen molar-refractivity contribution in [1.82, 2.24) is 9.80 Å². The van der Waals surface area contributed by atoms with Crippen molar-refractivity contribution >= 4 is 5.91 Å². The molecule has 0 aliphatic carbocycles. The van der Waals surface area contributed by atoms with Crippen molar-refractivity contribution in [2.24, 2.45) is 0 Å². The predicted molar refractivity (Wildman–Crippen MR) is 59.1 cm³/mol. The zero-order chi connectivity index (χ0) is 11.4. The second-order valence-electron chi connectivity index (χ2n) is 4.51. The van der Waals surface area contributed by atoms with E-state index in [4.69, 9.17) is 4.74 Å². The number of nitrogens with zero attached hydrogens (tertiary/aromatic N) is 2. The maximum Gasteiger partial charge on any atom is 0.222 e. The Hall–Kier alpha value is -0.650. The summed E-state index contributed by atoms with van der Waals surface area (Å²) in [4.78, 5) is 15.3. The molecular weight excluding hydrogens is 208 g/mol. The minimum absolute atomic E-state index is 0.182. The van der Waals surface area contributed by atoms with Crippen molar-refractivity contribution in [3.63, 3.8) is 0 Å². The summed E-state index contributed by atoms with van der Waals surface area (Å²) in [5.74, 6) is 0.182. The number of carbonyl (C=O) groups excluding carboxylic acids is 1. The van der Waals surface area contributed by atoms with Gasteiger partial charge in [0.2, 0.25) is 5.91 Å². The number of aliphatic hydroxyl groups is 1. The molecular formula is C11H20N2O3. The number of hydrogen-bond acceptors (Lipinski definition) is 4. The quantitative estimate of drug-likeness (QED) is 0.691. The summed E-state index contributed by atoms with van der Waals surface area (Å²) >= 11 is 0. The highest BCUT2D eigenvalue weighted by atomic mass is 16.5.